The average molecular weight is 295 g/mol. The van der Waals surface area contributed by atoms with E-state index >= 15 is 0 Å². The van der Waals surface area contributed by atoms with Gasteiger partial charge in [0.1, 0.15) is 0 Å². The maximum Gasteiger partial charge on any atom is 0.236 e. The highest BCUT2D eigenvalue weighted by Crippen LogP contribution is 2.22. The van der Waals surface area contributed by atoms with E-state index in [0.29, 0.717) is 24.5 Å². The summed E-state index contributed by atoms with van der Waals surface area (Å²) in [7, 11) is 2.09. The summed E-state index contributed by atoms with van der Waals surface area (Å²) in [6.45, 7) is 5.68. The van der Waals surface area contributed by atoms with Gasteiger partial charge in [0.2, 0.25) is 5.91 Å². The molecule has 1 amide bonds. The SMILES string of the molecule is CCN(C(=O)CN(C)CC1CCCCN1)C1CCCCC1. The van der Waals surface area contributed by atoms with Gasteiger partial charge in [0.25, 0.3) is 0 Å². The van der Waals surface area contributed by atoms with Crippen molar-refractivity contribution in [1.82, 2.24) is 15.1 Å². The van der Waals surface area contributed by atoms with Crippen molar-refractivity contribution >= 4 is 5.91 Å². The van der Waals surface area contributed by atoms with E-state index in [2.05, 4.69) is 29.1 Å². The van der Waals surface area contributed by atoms with Crippen molar-refractivity contribution in [3.63, 3.8) is 0 Å². The highest BCUT2D eigenvalue weighted by Gasteiger charge is 2.25. The van der Waals surface area contributed by atoms with Crippen LogP contribution in [0.3, 0.4) is 0 Å². The molecule has 0 bridgehead atoms. The Morgan fingerprint density at radius 3 is 2.43 bits per heavy atom. The van der Waals surface area contributed by atoms with Gasteiger partial charge in [0.15, 0.2) is 0 Å². The first kappa shape index (κ1) is 16.8. The number of nitrogens with one attached hydrogen (secondary N) is 1. The summed E-state index contributed by atoms with van der Waals surface area (Å²) in [6, 6.07) is 1.07. The molecule has 1 atom stereocenters. The third kappa shape index (κ3) is 5.26. The summed E-state index contributed by atoms with van der Waals surface area (Å²) in [5.41, 5.74) is 0. The molecule has 1 unspecified atom stereocenters. The highest BCUT2D eigenvalue weighted by atomic mass is 16.2. The number of piperidine rings is 1. The van der Waals surface area contributed by atoms with Gasteiger partial charge < -0.3 is 10.2 Å². The molecule has 1 aliphatic carbocycles. The van der Waals surface area contributed by atoms with Gasteiger partial charge in [-0.2, -0.15) is 0 Å². The Balaban J connectivity index is 1.77. The molecule has 21 heavy (non-hydrogen) atoms. The first-order valence-corrected chi connectivity index (χ1v) is 8.92. The summed E-state index contributed by atoms with van der Waals surface area (Å²) in [5, 5.41) is 3.56. The minimum absolute atomic E-state index is 0.322. The number of likely N-dealkylation sites (N-methyl/N-ethyl adjacent to an activating group) is 2. The first-order chi connectivity index (χ1) is 10.2. The minimum Gasteiger partial charge on any atom is -0.339 e. The van der Waals surface area contributed by atoms with Crippen molar-refractivity contribution in [2.24, 2.45) is 0 Å². The Morgan fingerprint density at radius 1 is 1.10 bits per heavy atom. The Kier molecular flexibility index (Phi) is 6.97. The Hall–Kier alpha value is -0.610. The highest BCUT2D eigenvalue weighted by molar-refractivity contribution is 5.78. The lowest BCUT2D eigenvalue weighted by Gasteiger charge is -2.35. The number of hydrogen-bond donors (Lipinski definition) is 1. The van der Waals surface area contributed by atoms with Crippen LogP contribution in [0.15, 0.2) is 0 Å². The molecule has 2 aliphatic rings. The van der Waals surface area contributed by atoms with Gasteiger partial charge in [-0.1, -0.05) is 25.7 Å². The average Bonchev–Trinajstić information content (AvgIpc) is 2.50. The zero-order chi connectivity index (χ0) is 15.1. The number of amides is 1. The van der Waals surface area contributed by atoms with Gasteiger partial charge in [-0.25, -0.2) is 0 Å². The van der Waals surface area contributed by atoms with Crippen LogP contribution in [0.25, 0.3) is 0 Å². The predicted molar refractivity (Wildman–Crippen MR) is 87.4 cm³/mol. The quantitative estimate of drug-likeness (QED) is 0.816. The summed E-state index contributed by atoms with van der Waals surface area (Å²) >= 11 is 0. The fourth-order valence-corrected chi connectivity index (χ4v) is 3.87. The van der Waals surface area contributed by atoms with Crippen molar-refractivity contribution in [3.8, 4) is 0 Å². The molecule has 2 fully saturated rings. The molecular formula is C17H33N3O. The van der Waals surface area contributed by atoms with E-state index in [-0.39, 0.29) is 0 Å². The minimum atomic E-state index is 0.322. The van der Waals surface area contributed by atoms with Crippen molar-refractivity contribution < 1.29 is 4.79 Å². The maximum absolute atomic E-state index is 12.6. The van der Waals surface area contributed by atoms with Gasteiger partial charge in [-0.15, -0.1) is 0 Å². The third-order valence-corrected chi connectivity index (χ3v) is 5.03. The van der Waals surface area contributed by atoms with Crippen LogP contribution in [0.1, 0.15) is 58.3 Å². The summed E-state index contributed by atoms with van der Waals surface area (Å²) in [6.07, 6.45) is 10.2. The molecule has 0 spiro atoms. The maximum atomic E-state index is 12.6. The largest absolute Gasteiger partial charge is 0.339 e. The zero-order valence-electron chi connectivity index (χ0n) is 13.9. The normalized spacial score (nSPS) is 24.2. The molecule has 1 aliphatic heterocycles. The summed E-state index contributed by atoms with van der Waals surface area (Å²) < 4.78 is 0. The van der Waals surface area contributed by atoms with Crippen molar-refractivity contribution in [1.29, 1.82) is 0 Å². The van der Waals surface area contributed by atoms with E-state index in [1.165, 1.54) is 51.4 Å². The zero-order valence-corrected chi connectivity index (χ0v) is 13.9. The number of carbonyl (C=O) groups is 1. The van der Waals surface area contributed by atoms with E-state index in [4.69, 9.17) is 0 Å². The molecule has 1 saturated heterocycles. The van der Waals surface area contributed by atoms with Gasteiger partial charge in [-0.05, 0) is 46.2 Å². The topological polar surface area (TPSA) is 35.6 Å². The van der Waals surface area contributed by atoms with Crippen LogP contribution in [-0.2, 0) is 4.79 Å². The lowest BCUT2D eigenvalue weighted by molar-refractivity contribution is -0.135. The number of rotatable bonds is 6. The van der Waals surface area contributed by atoms with Crippen molar-refractivity contribution in [2.45, 2.75) is 70.4 Å². The van der Waals surface area contributed by atoms with Crippen LogP contribution in [-0.4, -0.2) is 61.0 Å². The van der Waals surface area contributed by atoms with Crippen LogP contribution in [0.5, 0.6) is 0 Å². The molecule has 1 heterocycles. The lowest BCUT2D eigenvalue weighted by Crippen LogP contribution is -2.48. The van der Waals surface area contributed by atoms with E-state index in [1.54, 1.807) is 0 Å². The monoisotopic (exact) mass is 295 g/mol. The van der Waals surface area contributed by atoms with Crippen LogP contribution in [0, 0.1) is 0 Å². The molecule has 1 N–H and O–H groups in total. The van der Waals surface area contributed by atoms with Crippen molar-refractivity contribution in [2.75, 3.05) is 33.2 Å². The van der Waals surface area contributed by atoms with Gasteiger partial charge >= 0.3 is 0 Å². The Morgan fingerprint density at radius 2 is 1.81 bits per heavy atom. The molecule has 0 aromatic heterocycles. The molecular weight excluding hydrogens is 262 g/mol. The molecule has 0 aromatic carbocycles. The van der Waals surface area contributed by atoms with E-state index in [0.717, 1.165) is 19.6 Å². The molecule has 2 rings (SSSR count). The molecule has 4 heteroatoms. The Labute approximate surface area is 130 Å². The fourth-order valence-electron chi connectivity index (χ4n) is 3.87. The van der Waals surface area contributed by atoms with Crippen LogP contribution in [0.4, 0.5) is 0 Å². The first-order valence-electron chi connectivity index (χ1n) is 8.92. The molecule has 0 radical (unpaired) electrons. The van der Waals surface area contributed by atoms with Gasteiger partial charge in [0.05, 0.1) is 6.54 Å². The van der Waals surface area contributed by atoms with Crippen LogP contribution in [0.2, 0.25) is 0 Å². The molecule has 122 valence electrons. The molecule has 1 saturated carbocycles. The van der Waals surface area contributed by atoms with Crippen LogP contribution < -0.4 is 5.32 Å². The van der Waals surface area contributed by atoms with E-state index in [9.17, 15) is 4.79 Å². The molecule has 0 aromatic rings. The lowest BCUT2D eigenvalue weighted by atomic mass is 9.94. The number of hydrogen-bond acceptors (Lipinski definition) is 3. The molecule has 4 nitrogen and oxygen atoms in total. The Bertz CT molecular complexity index is 309. The van der Waals surface area contributed by atoms with Gasteiger partial charge in [0, 0.05) is 25.2 Å². The standard InChI is InChI=1S/C17H33N3O/c1-3-20(16-10-5-4-6-11-16)17(21)14-19(2)13-15-9-7-8-12-18-15/h15-16,18H,3-14H2,1-2H3. The van der Waals surface area contributed by atoms with E-state index in [1.807, 2.05) is 0 Å². The second kappa shape index (κ2) is 8.74. The fraction of sp³-hybridized carbons (Fsp3) is 0.941. The second-order valence-corrected chi connectivity index (χ2v) is 6.82. The summed E-state index contributed by atoms with van der Waals surface area (Å²) in [5.74, 6) is 0.322. The van der Waals surface area contributed by atoms with E-state index < -0.39 is 0 Å². The van der Waals surface area contributed by atoms with Gasteiger partial charge in [-0.3, -0.25) is 9.69 Å². The second-order valence-electron chi connectivity index (χ2n) is 6.82. The number of nitrogens with zero attached hydrogens (tertiary/aromatic N) is 2. The summed E-state index contributed by atoms with van der Waals surface area (Å²) in [4.78, 5) is 16.9. The smallest absolute Gasteiger partial charge is 0.236 e. The third-order valence-electron chi connectivity index (χ3n) is 5.03. The van der Waals surface area contributed by atoms with Crippen molar-refractivity contribution in [3.05, 3.63) is 0 Å². The van der Waals surface area contributed by atoms with Crippen LogP contribution >= 0.6 is 0 Å². The predicted octanol–water partition coefficient (Wildman–Crippen LogP) is 2.24. The number of carbonyl (C=O) groups excluding carboxylic acids is 1.